The zero-order valence-electron chi connectivity index (χ0n) is 18.9. The maximum Gasteiger partial charge on any atom is 0.265 e. The van der Waals surface area contributed by atoms with Crippen LogP contribution < -0.4 is 19.7 Å². The second-order valence-corrected chi connectivity index (χ2v) is 8.07. The van der Waals surface area contributed by atoms with E-state index in [0.717, 1.165) is 11.1 Å². The number of rotatable bonds is 7. The van der Waals surface area contributed by atoms with Crippen molar-refractivity contribution in [3.63, 3.8) is 0 Å². The number of anilines is 2. The van der Waals surface area contributed by atoms with Gasteiger partial charge in [-0.3, -0.25) is 14.6 Å². The van der Waals surface area contributed by atoms with Crippen LogP contribution >= 0.6 is 0 Å². The molecular formula is C28H23N3O4. The van der Waals surface area contributed by atoms with Gasteiger partial charge in [-0.2, -0.15) is 0 Å². The first-order chi connectivity index (χ1) is 17.2. The van der Waals surface area contributed by atoms with Gasteiger partial charge in [0.2, 0.25) is 0 Å². The molecule has 1 aliphatic rings. The van der Waals surface area contributed by atoms with E-state index in [4.69, 9.17) is 9.47 Å². The van der Waals surface area contributed by atoms with Gasteiger partial charge in [0.25, 0.3) is 11.8 Å². The molecule has 0 radical (unpaired) electrons. The Balaban J connectivity index is 1.24. The van der Waals surface area contributed by atoms with Crippen molar-refractivity contribution >= 4 is 23.2 Å². The Morgan fingerprint density at radius 2 is 1.77 bits per heavy atom. The minimum absolute atomic E-state index is 0.0641. The van der Waals surface area contributed by atoms with Crippen LogP contribution in [-0.2, 0) is 17.9 Å². The molecule has 0 aliphatic carbocycles. The molecule has 0 saturated carbocycles. The molecule has 1 aromatic heterocycles. The smallest absolute Gasteiger partial charge is 0.265 e. The van der Waals surface area contributed by atoms with Gasteiger partial charge in [-0.15, -0.1) is 0 Å². The number of pyridine rings is 1. The number of carbonyl (C=O) groups excluding carboxylic acids is 2. The summed E-state index contributed by atoms with van der Waals surface area (Å²) >= 11 is 0. The van der Waals surface area contributed by atoms with Crippen LogP contribution in [0.2, 0.25) is 0 Å². The Labute approximate surface area is 203 Å². The summed E-state index contributed by atoms with van der Waals surface area (Å²) in [7, 11) is 0. The van der Waals surface area contributed by atoms with Crippen molar-refractivity contribution < 1.29 is 19.1 Å². The van der Waals surface area contributed by atoms with Crippen LogP contribution in [0, 0.1) is 0 Å². The normalized spacial score (nSPS) is 12.5. The highest BCUT2D eigenvalue weighted by Crippen LogP contribution is 2.34. The van der Waals surface area contributed by atoms with Crippen LogP contribution in [0.25, 0.3) is 0 Å². The van der Waals surface area contributed by atoms with E-state index in [2.05, 4.69) is 10.3 Å². The number of nitrogens with one attached hydrogen (secondary N) is 1. The van der Waals surface area contributed by atoms with Crippen molar-refractivity contribution in [3.8, 4) is 11.5 Å². The average Bonchev–Trinajstić information content (AvgIpc) is 2.91. The van der Waals surface area contributed by atoms with Gasteiger partial charge in [0.15, 0.2) is 6.61 Å². The first kappa shape index (κ1) is 22.2. The van der Waals surface area contributed by atoms with Gasteiger partial charge in [0.05, 0.1) is 12.2 Å². The van der Waals surface area contributed by atoms with Crippen molar-refractivity contribution in [2.24, 2.45) is 0 Å². The monoisotopic (exact) mass is 465 g/mol. The van der Waals surface area contributed by atoms with Gasteiger partial charge in [0.1, 0.15) is 18.1 Å². The maximum absolute atomic E-state index is 12.8. The molecule has 7 heteroatoms. The number of aromatic nitrogens is 1. The van der Waals surface area contributed by atoms with Gasteiger partial charge >= 0.3 is 0 Å². The zero-order valence-corrected chi connectivity index (χ0v) is 18.9. The summed E-state index contributed by atoms with van der Waals surface area (Å²) in [5, 5.41) is 2.89. The van der Waals surface area contributed by atoms with E-state index < -0.39 is 0 Å². The molecule has 0 unspecified atom stereocenters. The first-order valence-corrected chi connectivity index (χ1v) is 11.2. The summed E-state index contributed by atoms with van der Waals surface area (Å²) in [6.45, 7) is 0.792. The van der Waals surface area contributed by atoms with Crippen molar-refractivity contribution in [3.05, 3.63) is 114 Å². The number of fused-ring (bicyclic) bond motifs is 1. The zero-order chi connectivity index (χ0) is 24.0. The Hall–Kier alpha value is -4.65. The molecule has 174 valence electrons. The highest BCUT2D eigenvalue weighted by Gasteiger charge is 2.26. The van der Waals surface area contributed by atoms with Crippen molar-refractivity contribution in [1.29, 1.82) is 0 Å². The number of benzene rings is 3. The highest BCUT2D eigenvalue weighted by atomic mass is 16.5. The topological polar surface area (TPSA) is 80.8 Å². The molecule has 35 heavy (non-hydrogen) atoms. The number of ether oxygens (including phenoxy) is 2. The molecule has 2 amide bonds. The minimum atomic E-state index is -0.271. The predicted molar refractivity (Wildman–Crippen MR) is 133 cm³/mol. The lowest BCUT2D eigenvalue weighted by molar-refractivity contribution is -0.121. The molecule has 0 bridgehead atoms. The largest absolute Gasteiger partial charge is 0.489 e. The van der Waals surface area contributed by atoms with E-state index in [0.29, 0.717) is 41.6 Å². The second kappa shape index (κ2) is 10.1. The Morgan fingerprint density at radius 3 is 2.54 bits per heavy atom. The standard InChI is InChI=1S/C28H23N3O4/c32-27-19-35-26-15-22(8-13-25(26)31(27)17-20-5-2-1-3-6-20)28(33)30-23-9-11-24(12-10-23)34-18-21-7-4-14-29-16-21/h1-16H,17-19H2,(H,30,33). The lowest BCUT2D eigenvalue weighted by atomic mass is 10.1. The quantitative estimate of drug-likeness (QED) is 0.423. The fourth-order valence-corrected chi connectivity index (χ4v) is 3.77. The van der Waals surface area contributed by atoms with E-state index in [-0.39, 0.29) is 18.4 Å². The molecule has 7 nitrogen and oxygen atoms in total. The third-order valence-corrected chi connectivity index (χ3v) is 5.59. The summed E-state index contributed by atoms with van der Waals surface area (Å²) in [4.78, 5) is 31.1. The molecule has 0 saturated heterocycles. The van der Waals surface area contributed by atoms with E-state index in [1.165, 1.54) is 0 Å². The molecule has 5 rings (SSSR count). The SMILES string of the molecule is O=C(Nc1ccc(OCc2cccnc2)cc1)c1ccc2c(c1)OCC(=O)N2Cc1ccccc1. The fourth-order valence-electron chi connectivity index (χ4n) is 3.77. The first-order valence-electron chi connectivity index (χ1n) is 11.2. The Bertz CT molecular complexity index is 1330. The molecule has 4 aromatic rings. The molecule has 3 aromatic carbocycles. The second-order valence-electron chi connectivity index (χ2n) is 8.07. The van der Waals surface area contributed by atoms with Gasteiger partial charge in [-0.05, 0) is 54.1 Å². The highest BCUT2D eigenvalue weighted by molar-refractivity contribution is 6.06. The Kier molecular flexibility index (Phi) is 6.39. The van der Waals surface area contributed by atoms with Crippen LogP contribution in [0.3, 0.4) is 0 Å². The lowest BCUT2D eigenvalue weighted by Crippen LogP contribution is -2.38. The van der Waals surface area contributed by atoms with Gasteiger partial charge < -0.3 is 19.7 Å². The number of hydrogen-bond donors (Lipinski definition) is 1. The summed E-state index contributed by atoms with van der Waals surface area (Å²) in [6, 6.07) is 25.8. The number of carbonyl (C=O) groups is 2. The van der Waals surface area contributed by atoms with Crippen LogP contribution in [0.15, 0.2) is 97.3 Å². The average molecular weight is 466 g/mol. The summed E-state index contributed by atoms with van der Waals surface area (Å²) in [5.74, 6) is 0.806. The lowest BCUT2D eigenvalue weighted by Gasteiger charge is -2.29. The molecule has 1 N–H and O–H groups in total. The Morgan fingerprint density at radius 1 is 0.971 bits per heavy atom. The molecule has 1 aliphatic heterocycles. The van der Waals surface area contributed by atoms with Crippen LogP contribution in [-0.4, -0.2) is 23.4 Å². The molecule has 0 fully saturated rings. The summed E-state index contributed by atoms with van der Waals surface area (Å²) in [6.07, 6.45) is 3.48. The summed E-state index contributed by atoms with van der Waals surface area (Å²) in [5.41, 5.74) is 3.72. The van der Waals surface area contributed by atoms with E-state index in [1.807, 2.05) is 42.5 Å². The van der Waals surface area contributed by atoms with E-state index in [1.54, 1.807) is 59.8 Å². The van der Waals surface area contributed by atoms with Gasteiger partial charge in [-0.25, -0.2) is 0 Å². The molecular weight excluding hydrogens is 442 g/mol. The van der Waals surface area contributed by atoms with Crippen LogP contribution in [0.4, 0.5) is 11.4 Å². The van der Waals surface area contributed by atoms with E-state index in [9.17, 15) is 9.59 Å². The van der Waals surface area contributed by atoms with Crippen molar-refractivity contribution in [1.82, 2.24) is 4.98 Å². The third-order valence-electron chi connectivity index (χ3n) is 5.59. The van der Waals surface area contributed by atoms with Crippen molar-refractivity contribution in [2.75, 3.05) is 16.8 Å². The summed E-state index contributed by atoms with van der Waals surface area (Å²) < 4.78 is 11.4. The number of amides is 2. The molecule has 0 atom stereocenters. The van der Waals surface area contributed by atoms with Crippen LogP contribution in [0.1, 0.15) is 21.5 Å². The maximum atomic E-state index is 12.8. The number of hydrogen-bond acceptors (Lipinski definition) is 5. The number of nitrogens with zero attached hydrogens (tertiary/aromatic N) is 2. The van der Waals surface area contributed by atoms with Crippen molar-refractivity contribution in [2.45, 2.75) is 13.2 Å². The molecule has 0 spiro atoms. The fraction of sp³-hybridized carbons (Fsp3) is 0.107. The predicted octanol–water partition coefficient (Wildman–Crippen LogP) is 4.84. The third kappa shape index (κ3) is 5.30. The van der Waals surface area contributed by atoms with E-state index >= 15 is 0 Å². The molecule has 2 heterocycles. The van der Waals surface area contributed by atoms with Gasteiger partial charge in [-0.1, -0.05) is 36.4 Å². The van der Waals surface area contributed by atoms with Crippen LogP contribution in [0.5, 0.6) is 11.5 Å². The van der Waals surface area contributed by atoms with Gasteiger partial charge in [0, 0.05) is 29.2 Å². The minimum Gasteiger partial charge on any atom is -0.489 e.